The second-order valence-corrected chi connectivity index (χ2v) is 13.2. The molecule has 8 nitrogen and oxygen atoms in total. The van der Waals surface area contributed by atoms with Gasteiger partial charge in [-0.05, 0) is 60.7 Å². The van der Waals surface area contributed by atoms with Crippen LogP contribution >= 0.6 is 11.8 Å². The lowest BCUT2D eigenvalue weighted by Gasteiger charge is -2.40. The first-order valence-corrected chi connectivity index (χ1v) is 16.1. The van der Waals surface area contributed by atoms with Crippen LogP contribution < -0.4 is 4.74 Å². The maximum absolute atomic E-state index is 13.2. The third-order valence-corrected chi connectivity index (χ3v) is 9.00. The minimum atomic E-state index is -0.0451. The predicted molar refractivity (Wildman–Crippen MR) is 176 cm³/mol. The van der Waals surface area contributed by atoms with Gasteiger partial charge in [0, 0.05) is 54.7 Å². The number of hydrogen-bond donors (Lipinski definition) is 0. The Hall–Kier alpha value is -4.11. The van der Waals surface area contributed by atoms with E-state index in [1.54, 1.807) is 18.9 Å². The summed E-state index contributed by atoms with van der Waals surface area (Å²) in [6.45, 7) is 10.1. The van der Waals surface area contributed by atoms with Crippen molar-refractivity contribution in [2.45, 2.75) is 57.1 Å². The SMILES string of the molecule is COc1cccc(-c2nnc(SCCCC(=O)N3CCN(C(=O)c4ccc(C(C)(C)C)cc4)C(C)C3)n2-c2ccccc2)c1. The van der Waals surface area contributed by atoms with Crippen LogP contribution in [0.4, 0.5) is 0 Å². The molecule has 1 aliphatic rings. The van der Waals surface area contributed by atoms with Crippen LogP contribution in [0.15, 0.2) is 84.0 Å². The molecule has 1 fully saturated rings. The molecule has 1 saturated heterocycles. The van der Waals surface area contributed by atoms with E-state index in [4.69, 9.17) is 4.74 Å². The van der Waals surface area contributed by atoms with Crippen molar-refractivity contribution in [3.05, 3.63) is 90.0 Å². The molecule has 9 heteroatoms. The van der Waals surface area contributed by atoms with E-state index in [9.17, 15) is 9.59 Å². The van der Waals surface area contributed by atoms with Crippen molar-refractivity contribution in [2.24, 2.45) is 0 Å². The predicted octanol–water partition coefficient (Wildman–Crippen LogP) is 6.49. The summed E-state index contributed by atoms with van der Waals surface area (Å²) in [5.74, 6) is 2.37. The minimum Gasteiger partial charge on any atom is -0.497 e. The van der Waals surface area contributed by atoms with Crippen LogP contribution in [0.1, 0.15) is 56.5 Å². The molecule has 4 aromatic rings. The Morgan fingerprint density at radius 2 is 1.70 bits per heavy atom. The Kier molecular flexibility index (Phi) is 9.74. The number of rotatable bonds is 9. The number of thioether (sulfide) groups is 1. The fourth-order valence-electron chi connectivity index (χ4n) is 5.43. The van der Waals surface area contributed by atoms with E-state index >= 15 is 0 Å². The minimum absolute atomic E-state index is 0.0253. The Morgan fingerprint density at radius 1 is 0.955 bits per heavy atom. The topological polar surface area (TPSA) is 80.6 Å². The average molecular weight is 612 g/mol. The Bertz CT molecular complexity index is 1580. The maximum atomic E-state index is 13.2. The number of piperazine rings is 1. The van der Waals surface area contributed by atoms with Crippen LogP contribution in [0.2, 0.25) is 0 Å². The Labute approximate surface area is 264 Å². The Morgan fingerprint density at radius 3 is 2.39 bits per heavy atom. The van der Waals surface area contributed by atoms with Gasteiger partial charge in [-0.15, -0.1) is 10.2 Å². The molecule has 0 spiro atoms. The molecule has 0 saturated carbocycles. The highest BCUT2D eigenvalue weighted by atomic mass is 32.2. The van der Waals surface area contributed by atoms with Gasteiger partial charge < -0.3 is 14.5 Å². The van der Waals surface area contributed by atoms with Crippen LogP contribution in [0, 0.1) is 0 Å². The normalized spacial score (nSPS) is 15.3. The van der Waals surface area contributed by atoms with Crippen LogP contribution in [0.25, 0.3) is 17.1 Å². The van der Waals surface area contributed by atoms with Gasteiger partial charge in [0.15, 0.2) is 11.0 Å². The summed E-state index contributed by atoms with van der Waals surface area (Å²) in [5.41, 5.74) is 3.82. The van der Waals surface area contributed by atoms with Crippen molar-refractivity contribution >= 4 is 23.6 Å². The third kappa shape index (κ3) is 7.16. The molecule has 230 valence electrons. The largest absolute Gasteiger partial charge is 0.497 e. The molecule has 0 N–H and O–H groups in total. The summed E-state index contributed by atoms with van der Waals surface area (Å²) in [5, 5.41) is 9.81. The van der Waals surface area contributed by atoms with Crippen molar-refractivity contribution in [3.8, 4) is 22.8 Å². The summed E-state index contributed by atoms with van der Waals surface area (Å²) in [4.78, 5) is 30.2. The van der Waals surface area contributed by atoms with Gasteiger partial charge in [0.1, 0.15) is 5.75 Å². The second kappa shape index (κ2) is 13.7. The molecule has 44 heavy (non-hydrogen) atoms. The van der Waals surface area contributed by atoms with Crippen LogP contribution in [-0.4, -0.2) is 74.9 Å². The molecule has 0 radical (unpaired) electrons. The maximum Gasteiger partial charge on any atom is 0.254 e. The molecule has 0 bridgehead atoms. The molecular weight excluding hydrogens is 570 g/mol. The summed E-state index contributed by atoms with van der Waals surface area (Å²) in [7, 11) is 1.65. The lowest BCUT2D eigenvalue weighted by molar-refractivity contribution is -0.133. The van der Waals surface area contributed by atoms with E-state index in [2.05, 4.69) is 35.5 Å². The number of nitrogens with zero attached hydrogens (tertiary/aromatic N) is 5. The van der Waals surface area contributed by atoms with Crippen molar-refractivity contribution in [3.63, 3.8) is 0 Å². The second-order valence-electron chi connectivity index (χ2n) is 12.2. The monoisotopic (exact) mass is 611 g/mol. The molecule has 5 rings (SSSR count). The molecule has 0 aliphatic carbocycles. The van der Waals surface area contributed by atoms with Crippen molar-refractivity contribution < 1.29 is 14.3 Å². The number of amides is 2. The van der Waals surface area contributed by atoms with Gasteiger partial charge in [-0.2, -0.15) is 0 Å². The first kappa shape index (κ1) is 31.3. The first-order valence-electron chi connectivity index (χ1n) is 15.1. The third-order valence-electron chi connectivity index (χ3n) is 7.98. The zero-order valence-corrected chi connectivity index (χ0v) is 27.0. The lowest BCUT2D eigenvalue weighted by atomic mass is 9.86. The van der Waals surface area contributed by atoms with Crippen molar-refractivity contribution in [2.75, 3.05) is 32.5 Å². The van der Waals surface area contributed by atoms with Gasteiger partial charge in [0.2, 0.25) is 5.91 Å². The first-order chi connectivity index (χ1) is 21.2. The summed E-state index contributed by atoms with van der Waals surface area (Å²) < 4.78 is 7.47. The van der Waals surface area contributed by atoms with Gasteiger partial charge in [-0.1, -0.05) is 75.0 Å². The summed E-state index contributed by atoms with van der Waals surface area (Å²) >= 11 is 1.60. The number of carbonyl (C=O) groups excluding carboxylic acids is 2. The fourth-order valence-corrected chi connectivity index (χ4v) is 6.32. The van der Waals surface area contributed by atoms with Crippen LogP contribution in [0.5, 0.6) is 5.75 Å². The lowest BCUT2D eigenvalue weighted by Crippen LogP contribution is -2.55. The molecule has 1 atom stereocenters. The number of carbonyl (C=O) groups is 2. The highest BCUT2D eigenvalue weighted by Crippen LogP contribution is 2.30. The standard InChI is InChI=1S/C35H41N5O3S/c1-25-24-38(20-21-39(25)33(42)26-16-18-28(19-17-26)35(2,3)4)31(41)15-10-22-44-34-37-36-32(27-11-9-14-30(23-27)43-5)40(34)29-12-7-6-8-13-29/h6-9,11-14,16-19,23,25H,10,15,20-22,24H2,1-5H3. The zero-order valence-electron chi connectivity index (χ0n) is 26.2. The van der Waals surface area contributed by atoms with Crippen LogP contribution in [0.3, 0.4) is 0 Å². The number of ether oxygens (including phenoxy) is 1. The number of para-hydroxylation sites is 1. The van der Waals surface area contributed by atoms with E-state index in [0.29, 0.717) is 38.0 Å². The van der Waals surface area contributed by atoms with E-state index in [-0.39, 0.29) is 23.3 Å². The molecule has 2 heterocycles. The molecule has 3 aromatic carbocycles. The fraction of sp³-hybridized carbons (Fsp3) is 0.371. The summed E-state index contributed by atoms with van der Waals surface area (Å²) in [6, 6.07) is 25.7. The van der Waals surface area contributed by atoms with Crippen molar-refractivity contribution in [1.82, 2.24) is 24.6 Å². The number of hydrogen-bond acceptors (Lipinski definition) is 6. The van der Waals surface area contributed by atoms with Gasteiger partial charge >= 0.3 is 0 Å². The molecule has 1 unspecified atom stereocenters. The van der Waals surface area contributed by atoms with E-state index < -0.39 is 0 Å². The molecular formula is C35H41N5O3S. The zero-order chi connectivity index (χ0) is 31.3. The smallest absolute Gasteiger partial charge is 0.254 e. The van der Waals surface area contributed by atoms with Crippen LogP contribution in [-0.2, 0) is 10.2 Å². The van der Waals surface area contributed by atoms with E-state index in [1.807, 2.05) is 95.6 Å². The molecule has 1 aliphatic heterocycles. The number of methoxy groups -OCH3 is 1. The quantitative estimate of drug-likeness (QED) is 0.159. The van der Waals surface area contributed by atoms with E-state index in [1.165, 1.54) is 5.56 Å². The molecule has 2 amide bonds. The highest BCUT2D eigenvalue weighted by molar-refractivity contribution is 7.99. The van der Waals surface area contributed by atoms with Gasteiger partial charge in [0.25, 0.3) is 5.91 Å². The van der Waals surface area contributed by atoms with Crippen molar-refractivity contribution in [1.29, 1.82) is 0 Å². The summed E-state index contributed by atoms with van der Waals surface area (Å²) in [6.07, 6.45) is 1.16. The number of benzene rings is 3. The van der Waals surface area contributed by atoms with Gasteiger partial charge in [-0.3, -0.25) is 14.2 Å². The highest BCUT2D eigenvalue weighted by Gasteiger charge is 2.30. The van der Waals surface area contributed by atoms with Gasteiger partial charge in [-0.25, -0.2) is 0 Å². The Balaban J connectivity index is 1.16. The average Bonchev–Trinajstić information content (AvgIpc) is 3.46. The van der Waals surface area contributed by atoms with E-state index in [0.717, 1.165) is 33.7 Å². The molecule has 1 aromatic heterocycles. The number of aromatic nitrogens is 3. The van der Waals surface area contributed by atoms with Gasteiger partial charge in [0.05, 0.1) is 7.11 Å².